The number of aromatic nitrogens is 4. The lowest BCUT2D eigenvalue weighted by Gasteiger charge is -2.17. The normalized spacial score (nSPS) is 14.2. The minimum atomic E-state index is 0.170. The largest absolute Gasteiger partial charge is 0.307 e. The van der Waals surface area contributed by atoms with Crippen molar-refractivity contribution < 1.29 is 0 Å². The van der Waals surface area contributed by atoms with E-state index in [0.29, 0.717) is 0 Å². The second-order valence-corrected chi connectivity index (χ2v) is 5.20. The average Bonchev–Trinajstić information content (AvgIpc) is 2.95. The molecule has 0 spiro atoms. The van der Waals surface area contributed by atoms with Gasteiger partial charge in [-0.2, -0.15) is 0 Å². The van der Waals surface area contributed by atoms with E-state index in [1.165, 1.54) is 5.56 Å². The van der Waals surface area contributed by atoms with Gasteiger partial charge in [0.05, 0.1) is 12.1 Å². The molecule has 5 heteroatoms. The summed E-state index contributed by atoms with van der Waals surface area (Å²) in [5, 5.41) is 15.6. The van der Waals surface area contributed by atoms with Crippen molar-refractivity contribution in [3.8, 4) is 0 Å². The Labute approximate surface area is 120 Å². The summed E-state index contributed by atoms with van der Waals surface area (Å²) >= 11 is 0. The van der Waals surface area contributed by atoms with Crippen molar-refractivity contribution in [2.45, 2.75) is 45.7 Å². The summed E-state index contributed by atoms with van der Waals surface area (Å²) in [4.78, 5) is 0. The van der Waals surface area contributed by atoms with Gasteiger partial charge < -0.3 is 5.32 Å². The van der Waals surface area contributed by atoms with Crippen LogP contribution in [0.4, 0.5) is 0 Å². The van der Waals surface area contributed by atoms with Gasteiger partial charge in [0.15, 0.2) is 5.82 Å². The molecule has 2 rings (SSSR count). The van der Waals surface area contributed by atoms with E-state index in [1.807, 2.05) is 10.7 Å². The van der Waals surface area contributed by atoms with Crippen molar-refractivity contribution in [1.82, 2.24) is 25.5 Å². The smallest absolute Gasteiger partial charge is 0.168 e. The highest BCUT2D eigenvalue weighted by Crippen LogP contribution is 2.17. The molecule has 2 atom stereocenters. The van der Waals surface area contributed by atoms with Crippen LogP contribution >= 0.6 is 0 Å². The van der Waals surface area contributed by atoms with Crippen molar-refractivity contribution >= 4 is 0 Å². The Balaban J connectivity index is 2.07. The molecule has 0 bridgehead atoms. The quantitative estimate of drug-likeness (QED) is 0.842. The number of nitrogens with zero attached hydrogens (tertiary/aromatic N) is 4. The van der Waals surface area contributed by atoms with Crippen LogP contribution in [0, 0.1) is 0 Å². The van der Waals surface area contributed by atoms with Crippen LogP contribution in [0.1, 0.15) is 50.7 Å². The van der Waals surface area contributed by atoms with Crippen molar-refractivity contribution in [2.75, 3.05) is 6.54 Å². The Morgan fingerprint density at radius 2 is 1.95 bits per heavy atom. The maximum absolute atomic E-state index is 4.17. The van der Waals surface area contributed by atoms with E-state index in [-0.39, 0.29) is 12.1 Å². The Bertz CT molecular complexity index is 508. The SMILES string of the molecule is CCCNC(C)c1nnnn1C(C)Cc1ccccc1. The van der Waals surface area contributed by atoms with Crippen LogP contribution < -0.4 is 5.32 Å². The number of nitrogens with one attached hydrogen (secondary N) is 1. The van der Waals surface area contributed by atoms with Crippen LogP contribution in [0.2, 0.25) is 0 Å². The number of rotatable bonds is 7. The molecule has 0 amide bonds. The summed E-state index contributed by atoms with van der Waals surface area (Å²) < 4.78 is 1.93. The minimum Gasteiger partial charge on any atom is -0.307 e. The van der Waals surface area contributed by atoms with Crippen LogP contribution in [0.5, 0.6) is 0 Å². The van der Waals surface area contributed by atoms with Gasteiger partial charge in [0.2, 0.25) is 0 Å². The molecule has 1 aromatic heterocycles. The number of hydrogen-bond acceptors (Lipinski definition) is 4. The monoisotopic (exact) mass is 273 g/mol. The molecule has 0 saturated heterocycles. The summed E-state index contributed by atoms with van der Waals surface area (Å²) in [6, 6.07) is 10.9. The van der Waals surface area contributed by atoms with Gasteiger partial charge in [-0.1, -0.05) is 37.3 Å². The fraction of sp³-hybridized carbons (Fsp3) is 0.533. The second-order valence-electron chi connectivity index (χ2n) is 5.20. The average molecular weight is 273 g/mol. The van der Waals surface area contributed by atoms with Crippen molar-refractivity contribution in [3.63, 3.8) is 0 Å². The lowest BCUT2D eigenvalue weighted by atomic mass is 10.1. The van der Waals surface area contributed by atoms with Crippen LogP contribution in [-0.4, -0.2) is 26.8 Å². The summed E-state index contributed by atoms with van der Waals surface area (Å²) in [5.41, 5.74) is 1.30. The highest BCUT2D eigenvalue weighted by Gasteiger charge is 2.18. The molecule has 1 N–H and O–H groups in total. The topological polar surface area (TPSA) is 55.6 Å². The predicted molar refractivity (Wildman–Crippen MR) is 79.4 cm³/mol. The first kappa shape index (κ1) is 14.7. The highest BCUT2D eigenvalue weighted by atomic mass is 15.6. The second kappa shape index (κ2) is 7.14. The summed E-state index contributed by atoms with van der Waals surface area (Å²) in [5.74, 6) is 0.905. The first-order chi connectivity index (χ1) is 9.72. The molecule has 1 aromatic carbocycles. The zero-order chi connectivity index (χ0) is 14.4. The molecule has 0 saturated carbocycles. The molecule has 1 heterocycles. The number of benzene rings is 1. The van der Waals surface area contributed by atoms with E-state index in [0.717, 1.165) is 25.2 Å². The van der Waals surface area contributed by atoms with Gasteiger partial charge in [-0.3, -0.25) is 0 Å². The summed E-state index contributed by atoms with van der Waals surface area (Å²) in [6.07, 6.45) is 2.03. The predicted octanol–water partition coefficient (Wildman–Crippen LogP) is 2.54. The highest BCUT2D eigenvalue weighted by molar-refractivity contribution is 5.15. The molecule has 0 radical (unpaired) electrons. The summed E-state index contributed by atoms with van der Waals surface area (Å²) in [6.45, 7) is 7.38. The molecule has 5 nitrogen and oxygen atoms in total. The Morgan fingerprint density at radius 1 is 1.20 bits per heavy atom. The van der Waals surface area contributed by atoms with E-state index in [2.05, 4.69) is 65.9 Å². The molecule has 20 heavy (non-hydrogen) atoms. The molecule has 0 aliphatic heterocycles. The zero-order valence-electron chi connectivity index (χ0n) is 12.5. The van der Waals surface area contributed by atoms with Gasteiger partial charge >= 0.3 is 0 Å². The Kier molecular flexibility index (Phi) is 5.24. The Hall–Kier alpha value is -1.75. The first-order valence-electron chi connectivity index (χ1n) is 7.27. The van der Waals surface area contributed by atoms with Crippen LogP contribution in [0.3, 0.4) is 0 Å². The lowest BCUT2D eigenvalue weighted by molar-refractivity contribution is 0.425. The van der Waals surface area contributed by atoms with Crippen molar-refractivity contribution in [3.05, 3.63) is 41.7 Å². The van der Waals surface area contributed by atoms with Crippen molar-refractivity contribution in [2.24, 2.45) is 0 Å². The molecule has 2 aromatic rings. The zero-order valence-corrected chi connectivity index (χ0v) is 12.5. The molecular weight excluding hydrogens is 250 g/mol. The summed E-state index contributed by atoms with van der Waals surface area (Å²) in [7, 11) is 0. The third kappa shape index (κ3) is 3.63. The third-order valence-corrected chi connectivity index (χ3v) is 3.40. The van der Waals surface area contributed by atoms with Crippen LogP contribution in [-0.2, 0) is 6.42 Å². The van der Waals surface area contributed by atoms with Gasteiger partial charge in [0.1, 0.15) is 0 Å². The Morgan fingerprint density at radius 3 is 2.65 bits per heavy atom. The number of tetrazole rings is 1. The molecule has 0 fully saturated rings. The van der Waals surface area contributed by atoms with Gasteiger partial charge in [-0.05, 0) is 49.2 Å². The molecule has 0 aliphatic rings. The third-order valence-electron chi connectivity index (χ3n) is 3.40. The van der Waals surface area contributed by atoms with E-state index >= 15 is 0 Å². The minimum absolute atomic E-state index is 0.170. The van der Waals surface area contributed by atoms with Crippen LogP contribution in [0.15, 0.2) is 30.3 Å². The van der Waals surface area contributed by atoms with Crippen LogP contribution in [0.25, 0.3) is 0 Å². The number of hydrogen-bond donors (Lipinski definition) is 1. The first-order valence-corrected chi connectivity index (χ1v) is 7.27. The molecule has 2 unspecified atom stereocenters. The molecule has 108 valence electrons. The fourth-order valence-corrected chi connectivity index (χ4v) is 2.29. The van der Waals surface area contributed by atoms with E-state index in [9.17, 15) is 0 Å². The lowest BCUT2D eigenvalue weighted by Crippen LogP contribution is -2.24. The maximum atomic E-state index is 4.17. The fourth-order valence-electron chi connectivity index (χ4n) is 2.29. The van der Waals surface area contributed by atoms with E-state index in [1.54, 1.807) is 0 Å². The van der Waals surface area contributed by atoms with Crippen molar-refractivity contribution in [1.29, 1.82) is 0 Å². The standard InChI is InChI=1S/C15H23N5/c1-4-10-16-13(3)15-17-18-19-20(15)12(2)11-14-8-6-5-7-9-14/h5-9,12-13,16H,4,10-11H2,1-3H3. The molecule has 0 aliphatic carbocycles. The van der Waals surface area contributed by atoms with Gasteiger partial charge in [-0.15, -0.1) is 5.10 Å². The van der Waals surface area contributed by atoms with E-state index in [4.69, 9.17) is 0 Å². The van der Waals surface area contributed by atoms with E-state index < -0.39 is 0 Å². The molecular formula is C15H23N5. The van der Waals surface area contributed by atoms with Gasteiger partial charge in [0, 0.05) is 0 Å². The maximum Gasteiger partial charge on any atom is 0.168 e. The van der Waals surface area contributed by atoms with Gasteiger partial charge in [0.25, 0.3) is 0 Å². The van der Waals surface area contributed by atoms with Gasteiger partial charge in [-0.25, -0.2) is 4.68 Å².